The van der Waals surface area contributed by atoms with Crippen LogP contribution in [0.5, 0.6) is 0 Å². The topological polar surface area (TPSA) is 64.0 Å². The van der Waals surface area contributed by atoms with Gasteiger partial charge in [0.2, 0.25) is 0 Å². The monoisotopic (exact) mass is 395 g/mol. The minimum atomic E-state index is -0.253. The van der Waals surface area contributed by atoms with Crippen molar-refractivity contribution in [3.8, 4) is 5.69 Å². The molecule has 30 heavy (non-hydrogen) atoms. The average molecular weight is 395 g/mol. The zero-order valence-corrected chi connectivity index (χ0v) is 16.8. The lowest BCUT2D eigenvalue weighted by atomic mass is 10.0. The van der Waals surface area contributed by atoms with E-state index in [9.17, 15) is 9.59 Å². The molecule has 5 nitrogen and oxygen atoms in total. The van der Waals surface area contributed by atoms with E-state index in [0.717, 1.165) is 11.4 Å². The zero-order chi connectivity index (χ0) is 21.1. The lowest BCUT2D eigenvalue weighted by Gasteiger charge is -2.08. The Labute approximate surface area is 175 Å². The average Bonchev–Trinajstić information content (AvgIpc) is 3.08. The molecule has 0 aliphatic carbocycles. The van der Waals surface area contributed by atoms with E-state index in [1.165, 1.54) is 0 Å². The van der Waals surface area contributed by atoms with Gasteiger partial charge in [-0.05, 0) is 38.1 Å². The molecule has 1 aromatic heterocycles. The molecule has 0 saturated carbocycles. The fraction of sp³-hybridized carbons (Fsp3) is 0.0800. The highest BCUT2D eigenvalue weighted by Gasteiger charge is 2.20. The molecule has 1 heterocycles. The summed E-state index contributed by atoms with van der Waals surface area (Å²) in [6, 6.07) is 25.7. The molecule has 1 amide bonds. The van der Waals surface area contributed by atoms with Gasteiger partial charge in [-0.2, -0.15) is 5.10 Å². The SMILES string of the molecule is Cc1nn(-c2ccccc2)c(C)c1C(=O)Nc1cccc(C(=O)c2ccccc2)c1. The fourth-order valence-corrected chi connectivity index (χ4v) is 3.48. The summed E-state index contributed by atoms with van der Waals surface area (Å²) >= 11 is 0. The van der Waals surface area contributed by atoms with Gasteiger partial charge in [0.1, 0.15) is 0 Å². The second kappa shape index (κ2) is 8.17. The highest BCUT2D eigenvalue weighted by Crippen LogP contribution is 2.21. The number of hydrogen-bond donors (Lipinski definition) is 1. The van der Waals surface area contributed by atoms with Crippen molar-refractivity contribution in [3.63, 3.8) is 0 Å². The summed E-state index contributed by atoms with van der Waals surface area (Å²) < 4.78 is 1.76. The van der Waals surface area contributed by atoms with Crippen LogP contribution >= 0.6 is 0 Å². The van der Waals surface area contributed by atoms with Gasteiger partial charge in [0.25, 0.3) is 5.91 Å². The first-order valence-electron chi connectivity index (χ1n) is 9.67. The predicted octanol–water partition coefficient (Wildman–Crippen LogP) is 4.97. The van der Waals surface area contributed by atoms with E-state index in [0.29, 0.717) is 28.1 Å². The van der Waals surface area contributed by atoms with Crippen LogP contribution in [-0.2, 0) is 0 Å². The fourth-order valence-electron chi connectivity index (χ4n) is 3.48. The van der Waals surface area contributed by atoms with Gasteiger partial charge < -0.3 is 5.32 Å². The molecule has 1 N–H and O–H groups in total. The summed E-state index contributed by atoms with van der Waals surface area (Å²) in [6.45, 7) is 3.69. The van der Waals surface area contributed by atoms with E-state index < -0.39 is 0 Å². The predicted molar refractivity (Wildman–Crippen MR) is 117 cm³/mol. The van der Waals surface area contributed by atoms with Crippen LogP contribution in [0.2, 0.25) is 0 Å². The number of anilines is 1. The first kappa shape index (κ1) is 19.3. The molecule has 0 aliphatic rings. The van der Waals surface area contributed by atoms with Crippen molar-refractivity contribution in [2.24, 2.45) is 0 Å². The molecule has 4 aromatic rings. The van der Waals surface area contributed by atoms with Crippen molar-refractivity contribution >= 4 is 17.4 Å². The number of nitrogens with zero attached hydrogens (tertiary/aromatic N) is 2. The van der Waals surface area contributed by atoms with E-state index >= 15 is 0 Å². The Bertz CT molecular complexity index is 1210. The van der Waals surface area contributed by atoms with Crippen LogP contribution in [-0.4, -0.2) is 21.5 Å². The van der Waals surface area contributed by atoms with E-state index in [1.807, 2.05) is 62.4 Å². The molecule has 0 bridgehead atoms. The van der Waals surface area contributed by atoms with Crippen LogP contribution in [0.25, 0.3) is 5.69 Å². The van der Waals surface area contributed by atoms with Crippen LogP contribution in [0.15, 0.2) is 84.9 Å². The van der Waals surface area contributed by atoms with Crippen molar-refractivity contribution in [2.75, 3.05) is 5.32 Å². The van der Waals surface area contributed by atoms with Crippen LogP contribution in [0.1, 0.15) is 37.7 Å². The van der Waals surface area contributed by atoms with E-state index in [4.69, 9.17) is 0 Å². The van der Waals surface area contributed by atoms with Gasteiger partial charge in [-0.1, -0.05) is 60.7 Å². The lowest BCUT2D eigenvalue weighted by Crippen LogP contribution is -2.14. The quantitative estimate of drug-likeness (QED) is 0.485. The number of carbonyl (C=O) groups is 2. The summed E-state index contributed by atoms with van der Waals surface area (Å²) in [5, 5.41) is 7.44. The Morgan fingerprint density at radius 3 is 2.13 bits per heavy atom. The molecule has 0 saturated heterocycles. The molecule has 5 heteroatoms. The molecular formula is C25H21N3O2. The van der Waals surface area contributed by atoms with Crippen LogP contribution in [0, 0.1) is 13.8 Å². The molecule has 0 aliphatic heterocycles. The van der Waals surface area contributed by atoms with Crippen molar-refractivity contribution < 1.29 is 9.59 Å². The summed E-state index contributed by atoms with van der Waals surface area (Å²) in [7, 11) is 0. The van der Waals surface area contributed by atoms with Crippen LogP contribution in [0.4, 0.5) is 5.69 Å². The van der Waals surface area contributed by atoms with Crippen LogP contribution in [0.3, 0.4) is 0 Å². The second-order valence-electron chi connectivity index (χ2n) is 7.02. The second-order valence-corrected chi connectivity index (χ2v) is 7.02. The first-order chi connectivity index (χ1) is 14.5. The minimum Gasteiger partial charge on any atom is -0.322 e. The van der Waals surface area contributed by atoms with Gasteiger partial charge in [0.15, 0.2) is 5.78 Å². The number of carbonyl (C=O) groups excluding carboxylic acids is 2. The largest absolute Gasteiger partial charge is 0.322 e. The molecule has 0 atom stereocenters. The normalized spacial score (nSPS) is 10.6. The van der Waals surface area contributed by atoms with Crippen molar-refractivity contribution in [3.05, 3.63) is 113 Å². The Morgan fingerprint density at radius 1 is 0.800 bits per heavy atom. The molecule has 0 spiro atoms. The summed E-state index contributed by atoms with van der Waals surface area (Å²) in [5.74, 6) is -0.340. The van der Waals surface area contributed by atoms with Gasteiger partial charge in [-0.3, -0.25) is 9.59 Å². The highest BCUT2D eigenvalue weighted by atomic mass is 16.1. The third-order valence-corrected chi connectivity index (χ3v) is 4.94. The van der Waals surface area contributed by atoms with Gasteiger partial charge in [-0.15, -0.1) is 0 Å². The van der Waals surface area contributed by atoms with E-state index in [2.05, 4.69) is 10.4 Å². The molecule has 3 aromatic carbocycles. The molecule has 0 unspecified atom stereocenters. The number of nitrogens with one attached hydrogen (secondary N) is 1. The van der Waals surface area contributed by atoms with Gasteiger partial charge in [0.05, 0.1) is 22.6 Å². The summed E-state index contributed by atoms with van der Waals surface area (Å²) in [5.41, 5.74) is 4.52. The molecule has 0 fully saturated rings. The highest BCUT2D eigenvalue weighted by molar-refractivity contribution is 6.10. The van der Waals surface area contributed by atoms with Gasteiger partial charge in [0, 0.05) is 16.8 Å². The van der Waals surface area contributed by atoms with E-state index in [-0.39, 0.29) is 11.7 Å². The van der Waals surface area contributed by atoms with E-state index in [1.54, 1.807) is 41.1 Å². The zero-order valence-electron chi connectivity index (χ0n) is 16.8. The third-order valence-electron chi connectivity index (χ3n) is 4.94. The number of aromatic nitrogens is 2. The Kier molecular flexibility index (Phi) is 5.26. The minimum absolute atomic E-state index is 0.0871. The Hall–Kier alpha value is -3.99. The molecular weight excluding hydrogens is 374 g/mol. The summed E-state index contributed by atoms with van der Waals surface area (Å²) in [6.07, 6.45) is 0. The van der Waals surface area contributed by atoms with Crippen molar-refractivity contribution in [1.29, 1.82) is 0 Å². The standard InChI is InChI=1S/C25H21N3O2/c1-17-23(18(2)28(27-17)22-14-7-4-8-15-22)25(30)26-21-13-9-12-20(16-21)24(29)19-10-5-3-6-11-19/h3-16H,1-2H3,(H,26,30). The maximum atomic E-state index is 13.0. The number of benzene rings is 3. The maximum absolute atomic E-state index is 13.0. The molecule has 0 radical (unpaired) electrons. The lowest BCUT2D eigenvalue weighted by molar-refractivity contribution is 0.102. The maximum Gasteiger partial charge on any atom is 0.259 e. The van der Waals surface area contributed by atoms with Gasteiger partial charge in [-0.25, -0.2) is 4.68 Å². The number of ketones is 1. The van der Waals surface area contributed by atoms with Crippen LogP contribution < -0.4 is 5.32 Å². The number of amides is 1. The number of rotatable bonds is 5. The van der Waals surface area contributed by atoms with Crippen molar-refractivity contribution in [1.82, 2.24) is 9.78 Å². The molecule has 4 rings (SSSR count). The van der Waals surface area contributed by atoms with Gasteiger partial charge >= 0.3 is 0 Å². The number of aryl methyl sites for hydroxylation is 1. The van der Waals surface area contributed by atoms with Crippen molar-refractivity contribution in [2.45, 2.75) is 13.8 Å². The summed E-state index contributed by atoms with van der Waals surface area (Å²) in [4.78, 5) is 25.7. The Balaban J connectivity index is 1.60. The third kappa shape index (κ3) is 3.78. The number of para-hydroxylation sites is 1. The smallest absolute Gasteiger partial charge is 0.259 e. The molecule has 148 valence electrons. The first-order valence-corrected chi connectivity index (χ1v) is 9.67. The number of hydrogen-bond acceptors (Lipinski definition) is 3. The Morgan fingerprint density at radius 2 is 1.43 bits per heavy atom.